The van der Waals surface area contributed by atoms with Crippen LogP contribution >= 0.6 is 38.9 Å². The third-order valence-electron chi connectivity index (χ3n) is 3.64. The van der Waals surface area contributed by atoms with Gasteiger partial charge >= 0.3 is 0 Å². The van der Waals surface area contributed by atoms with E-state index in [0.717, 1.165) is 20.9 Å². The summed E-state index contributed by atoms with van der Waals surface area (Å²) in [5.74, 6) is 1.29. The normalized spacial score (nSPS) is 16.2. The molecule has 100 valence electrons. The number of hydrogen-bond acceptors (Lipinski definition) is 3. The highest BCUT2D eigenvalue weighted by molar-refractivity contribution is 9.10. The predicted octanol–water partition coefficient (Wildman–Crippen LogP) is 5.59. The van der Waals surface area contributed by atoms with Gasteiger partial charge in [0.1, 0.15) is 5.15 Å². The van der Waals surface area contributed by atoms with Gasteiger partial charge in [-0.1, -0.05) is 24.4 Å². The Morgan fingerprint density at radius 3 is 2.68 bits per heavy atom. The first-order chi connectivity index (χ1) is 9.16. The van der Waals surface area contributed by atoms with Gasteiger partial charge in [0.05, 0.1) is 15.0 Å². The topological polar surface area (TPSA) is 25.8 Å². The number of rotatable bonds is 2. The Hall–Kier alpha value is -0.450. The Morgan fingerprint density at radius 2 is 2.05 bits per heavy atom. The molecule has 1 saturated carbocycles. The van der Waals surface area contributed by atoms with Crippen molar-refractivity contribution in [1.82, 2.24) is 9.97 Å². The first-order valence-electron chi connectivity index (χ1n) is 6.44. The molecule has 2 aromatic heterocycles. The maximum atomic E-state index is 6.27. The SMILES string of the molecule is Cc1ccsc1-c1nc(Cl)c(Br)c(C2CCCC2)n1. The molecular weight excluding hydrogens is 344 g/mol. The molecule has 2 heterocycles. The Kier molecular flexibility index (Phi) is 3.92. The summed E-state index contributed by atoms with van der Waals surface area (Å²) in [6.07, 6.45) is 4.97. The quantitative estimate of drug-likeness (QED) is 0.655. The van der Waals surface area contributed by atoms with E-state index in [-0.39, 0.29) is 0 Å². The van der Waals surface area contributed by atoms with E-state index in [0.29, 0.717) is 11.1 Å². The van der Waals surface area contributed by atoms with Crippen LogP contribution in [0.15, 0.2) is 15.9 Å². The fraction of sp³-hybridized carbons (Fsp3) is 0.429. The van der Waals surface area contributed by atoms with Crippen LogP contribution in [0.4, 0.5) is 0 Å². The Labute approximate surface area is 130 Å². The van der Waals surface area contributed by atoms with Crippen molar-refractivity contribution in [1.29, 1.82) is 0 Å². The van der Waals surface area contributed by atoms with Gasteiger partial charge in [0.25, 0.3) is 0 Å². The molecule has 2 aromatic rings. The lowest BCUT2D eigenvalue weighted by molar-refractivity contribution is 0.691. The molecule has 0 spiro atoms. The summed E-state index contributed by atoms with van der Waals surface area (Å²) < 4.78 is 0.874. The van der Waals surface area contributed by atoms with Gasteiger partial charge in [-0.3, -0.25) is 0 Å². The molecule has 1 aliphatic rings. The maximum Gasteiger partial charge on any atom is 0.171 e. The summed E-state index contributed by atoms with van der Waals surface area (Å²) in [5.41, 5.74) is 2.29. The van der Waals surface area contributed by atoms with E-state index in [1.807, 2.05) is 0 Å². The van der Waals surface area contributed by atoms with E-state index in [9.17, 15) is 0 Å². The fourth-order valence-electron chi connectivity index (χ4n) is 2.61. The number of halogens is 2. The average Bonchev–Trinajstić information content (AvgIpc) is 3.03. The van der Waals surface area contributed by atoms with Gasteiger partial charge in [0, 0.05) is 5.92 Å². The number of thiophene rings is 1. The van der Waals surface area contributed by atoms with Crippen LogP contribution in [0.5, 0.6) is 0 Å². The van der Waals surface area contributed by atoms with E-state index < -0.39 is 0 Å². The summed E-state index contributed by atoms with van der Waals surface area (Å²) in [7, 11) is 0. The van der Waals surface area contributed by atoms with Gasteiger partial charge < -0.3 is 0 Å². The van der Waals surface area contributed by atoms with E-state index in [2.05, 4.69) is 39.3 Å². The molecule has 0 unspecified atom stereocenters. The summed E-state index contributed by atoms with van der Waals surface area (Å²) >= 11 is 11.5. The van der Waals surface area contributed by atoms with Crippen LogP contribution in [-0.2, 0) is 0 Å². The van der Waals surface area contributed by atoms with E-state index in [1.54, 1.807) is 11.3 Å². The molecule has 0 amide bonds. The average molecular weight is 358 g/mol. The zero-order valence-electron chi connectivity index (χ0n) is 10.6. The number of hydrogen-bond donors (Lipinski definition) is 0. The van der Waals surface area contributed by atoms with Gasteiger partial charge in [-0.25, -0.2) is 9.97 Å². The molecule has 1 aliphatic carbocycles. The molecule has 0 bridgehead atoms. The molecule has 0 radical (unpaired) electrons. The lowest BCUT2D eigenvalue weighted by Gasteiger charge is -2.13. The largest absolute Gasteiger partial charge is 0.231 e. The zero-order chi connectivity index (χ0) is 13.4. The highest BCUT2D eigenvalue weighted by Gasteiger charge is 2.24. The van der Waals surface area contributed by atoms with Crippen LogP contribution < -0.4 is 0 Å². The minimum absolute atomic E-state index is 0.522. The first-order valence-corrected chi connectivity index (χ1v) is 8.49. The molecule has 0 aliphatic heterocycles. The molecule has 19 heavy (non-hydrogen) atoms. The van der Waals surface area contributed by atoms with Crippen molar-refractivity contribution in [3.63, 3.8) is 0 Å². The summed E-state index contributed by atoms with van der Waals surface area (Å²) in [5, 5.41) is 2.60. The second kappa shape index (κ2) is 5.51. The fourth-order valence-corrected chi connectivity index (χ4v) is 4.15. The summed E-state index contributed by atoms with van der Waals surface area (Å²) in [6, 6.07) is 2.09. The second-order valence-corrected chi connectivity index (χ2v) is 7.02. The van der Waals surface area contributed by atoms with Crippen molar-refractivity contribution in [2.75, 3.05) is 0 Å². The van der Waals surface area contributed by atoms with Crippen LogP contribution in [0.25, 0.3) is 10.7 Å². The monoisotopic (exact) mass is 356 g/mol. The Bertz CT molecular complexity index is 605. The zero-order valence-corrected chi connectivity index (χ0v) is 13.8. The van der Waals surface area contributed by atoms with E-state index >= 15 is 0 Å². The molecular formula is C14H14BrClN2S. The van der Waals surface area contributed by atoms with Crippen LogP contribution in [0.1, 0.15) is 42.9 Å². The standard InChI is InChI=1S/C14H14BrClN2S/c1-8-6-7-19-12(8)14-17-11(9-4-2-3-5-9)10(15)13(16)18-14/h6-7,9H,2-5H2,1H3. The van der Waals surface area contributed by atoms with Crippen molar-refractivity contribution in [3.05, 3.63) is 32.3 Å². The minimum Gasteiger partial charge on any atom is -0.231 e. The van der Waals surface area contributed by atoms with Crippen LogP contribution in [0.3, 0.4) is 0 Å². The van der Waals surface area contributed by atoms with Gasteiger partial charge in [-0.15, -0.1) is 11.3 Å². The Balaban J connectivity index is 2.10. The molecule has 3 rings (SSSR count). The predicted molar refractivity (Wildman–Crippen MR) is 84.0 cm³/mol. The molecule has 0 atom stereocenters. The molecule has 2 nitrogen and oxygen atoms in total. The van der Waals surface area contributed by atoms with Crippen molar-refractivity contribution in [2.24, 2.45) is 0 Å². The summed E-state index contributed by atoms with van der Waals surface area (Å²) in [6.45, 7) is 2.08. The minimum atomic E-state index is 0.522. The lowest BCUT2D eigenvalue weighted by Crippen LogP contribution is -2.02. The van der Waals surface area contributed by atoms with Crippen molar-refractivity contribution in [3.8, 4) is 10.7 Å². The summed E-state index contributed by atoms with van der Waals surface area (Å²) in [4.78, 5) is 10.3. The molecule has 0 N–H and O–H groups in total. The van der Waals surface area contributed by atoms with Crippen molar-refractivity contribution < 1.29 is 0 Å². The second-order valence-electron chi connectivity index (χ2n) is 4.95. The van der Waals surface area contributed by atoms with Crippen LogP contribution in [0.2, 0.25) is 5.15 Å². The maximum absolute atomic E-state index is 6.27. The molecule has 0 saturated heterocycles. The molecule has 1 fully saturated rings. The first kappa shape index (κ1) is 13.5. The highest BCUT2D eigenvalue weighted by atomic mass is 79.9. The molecule has 0 aromatic carbocycles. The Morgan fingerprint density at radius 1 is 1.32 bits per heavy atom. The van der Waals surface area contributed by atoms with Gasteiger partial charge in [0.15, 0.2) is 5.82 Å². The van der Waals surface area contributed by atoms with E-state index in [4.69, 9.17) is 16.6 Å². The number of aryl methyl sites for hydroxylation is 1. The van der Waals surface area contributed by atoms with Gasteiger partial charge in [0.2, 0.25) is 0 Å². The number of aromatic nitrogens is 2. The van der Waals surface area contributed by atoms with Gasteiger partial charge in [-0.05, 0) is 52.7 Å². The lowest BCUT2D eigenvalue weighted by atomic mass is 10.0. The van der Waals surface area contributed by atoms with E-state index in [1.165, 1.54) is 31.2 Å². The molecule has 5 heteroatoms. The van der Waals surface area contributed by atoms with Crippen molar-refractivity contribution in [2.45, 2.75) is 38.5 Å². The third-order valence-corrected chi connectivity index (χ3v) is 5.94. The van der Waals surface area contributed by atoms with Crippen molar-refractivity contribution >= 4 is 38.9 Å². The van der Waals surface area contributed by atoms with Crippen LogP contribution in [-0.4, -0.2) is 9.97 Å². The van der Waals surface area contributed by atoms with Crippen LogP contribution in [0, 0.1) is 6.92 Å². The number of nitrogens with zero attached hydrogens (tertiary/aromatic N) is 2. The highest BCUT2D eigenvalue weighted by Crippen LogP contribution is 2.40. The van der Waals surface area contributed by atoms with Gasteiger partial charge in [-0.2, -0.15) is 0 Å². The third kappa shape index (κ3) is 2.58. The smallest absolute Gasteiger partial charge is 0.171 e.